The topological polar surface area (TPSA) is 68.1 Å². The molecule has 0 radical (unpaired) electrons. The largest absolute Gasteiger partial charge is 0.424 e. The van der Waals surface area contributed by atoms with Crippen LogP contribution in [0.1, 0.15) is 19.8 Å². The fourth-order valence-electron chi connectivity index (χ4n) is 4.71. The molecule has 2 aromatic heterocycles. The van der Waals surface area contributed by atoms with Crippen LogP contribution < -0.4 is 15.0 Å². The average molecular weight is 459 g/mol. The zero-order valence-electron chi connectivity index (χ0n) is 17.2. The van der Waals surface area contributed by atoms with Crippen LogP contribution in [0.3, 0.4) is 0 Å². The lowest BCUT2D eigenvalue weighted by molar-refractivity contribution is 0.376. The Morgan fingerprint density at radius 1 is 1.13 bits per heavy atom. The first-order chi connectivity index (χ1) is 15.1. The van der Waals surface area contributed by atoms with Gasteiger partial charge in [-0.05, 0) is 61.9 Å². The SMILES string of the molecule is CCn1nc(NC2C3CCC2CN(c2ccnc(Cl)c2)C3)nc1Oc1cccc(Cl)c1. The second kappa shape index (κ2) is 8.55. The molecule has 9 heteroatoms. The summed E-state index contributed by atoms with van der Waals surface area (Å²) in [5.41, 5.74) is 1.14. The monoisotopic (exact) mass is 458 g/mol. The number of fused-ring (bicyclic) bond motifs is 2. The predicted octanol–water partition coefficient (Wildman–Crippen LogP) is 5.12. The van der Waals surface area contributed by atoms with E-state index >= 15 is 0 Å². The number of rotatable bonds is 6. The van der Waals surface area contributed by atoms with Gasteiger partial charge in [0.25, 0.3) is 0 Å². The molecule has 3 aromatic rings. The number of hydrogen-bond acceptors (Lipinski definition) is 6. The number of hydrogen-bond donors (Lipinski definition) is 1. The van der Waals surface area contributed by atoms with E-state index in [1.165, 1.54) is 12.8 Å². The van der Waals surface area contributed by atoms with Crippen LogP contribution in [-0.2, 0) is 6.54 Å². The van der Waals surface area contributed by atoms with Gasteiger partial charge in [-0.2, -0.15) is 4.98 Å². The highest BCUT2D eigenvalue weighted by Crippen LogP contribution is 2.40. The molecule has 2 fully saturated rings. The van der Waals surface area contributed by atoms with Gasteiger partial charge in [0.1, 0.15) is 10.9 Å². The first kappa shape index (κ1) is 20.4. The number of piperidine rings is 1. The molecule has 2 atom stereocenters. The summed E-state index contributed by atoms with van der Waals surface area (Å²) >= 11 is 12.2. The summed E-state index contributed by atoms with van der Waals surface area (Å²) in [6, 6.07) is 12.1. The van der Waals surface area contributed by atoms with Gasteiger partial charge in [0.05, 0.1) is 0 Å². The third-order valence-corrected chi connectivity index (χ3v) is 6.59. The Morgan fingerprint density at radius 2 is 1.94 bits per heavy atom. The quantitative estimate of drug-likeness (QED) is 0.517. The van der Waals surface area contributed by atoms with Crippen LogP contribution in [0.25, 0.3) is 0 Å². The highest BCUT2D eigenvalue weighted by atomic mass is 35.5. The number of anilines is 2. The van der Waals surface area contributed by atoms with Gasteiger partial charge in [-0.25, -0.2) is 9.67 Å². The lowest BCUT2D eigenvalue weighted by atomic mass is 9.92. The van der Waals surface area contributed by atoms with Crippen molar-refractivity contribution < 1.29 is 4.74 Å². The van der Waals surface area contributed by atoms with E-state index in [1.807, 2.05) is 37.3 Å². The van der Waals surface area contributed by atoms with Crippen molar-refractivity contribution in [3.8, 4) is 11.8 Å². The van der Waals surface area contributed by atoms with Crippen LogP contribution in [0.4, 0.5) is 11.6 Å². The van der Waals surface area contributed by atoms with Crippen LogP contribution in [0.2, 0.25) is 10.2 Å². The van der Waals surface area contributed by atoms with Gasteiger partial charge in [0, 0.05) is 42.6 Å². The van der Waals surface area contributed by atoms with Crippen LogP contribution in [0.5, 0.6) is 11.8 Å². The van der Waals surface area contributed by atoms with Crippen LogP contribution >= 0.6 is 23.2 Å². The molecule has 1 saturated carbocycles. The van der Waals surface area contributed by atoms with E-state index < -0.39 is 0 Å². The molecule has 1 aromatic carbocycles. The smallest absolute Gasteiger partial charge is 0.322 e. The third-order valence-electron chi connectivity index (χ3n) is 6.15. The van der Waals surface area contributed by atoms with Gasteiger partial charge in [0.15, 0.2) is 0 Å². The minimum atomic E-state index is 0.347. The Kier molecular flexibility index (Phi) is 5.63. The molecular formula is C22H24Cl2N6O. The Morgan fingerprint density at radius 3 is 2.65 bits per heavy atom. The fraction of sp³-hybridized carbons (Fsp3) is 0.409. The van der Waals surface area contributed by atoms with Gasteiger partial charge in [-0.1, -0.05) is 29.3 Å². The molecule has 0 spiro atoms. The number of pyridine rings is 1. The van der Waals surface area contributed by atoms with E-state index in [0.717, 1.165) is 18.8 Å². The fourth-order valence-corrected chi connectivity index (χ4v) is 5.06. The van der Waals surface area contributed by atoms with Gasteiger partial charge in [-0.15, -0.1) is 5.10 Å². The zero-order chi connectivity index (χ0) is 21.4. The molecular weight excluding hydrogens is 435 g/mol. The van der Waals surface area contributed by atoms with Crippen LogP contribution in [-0.4, -0.2) is 38.9 Å². The number of aromatic nitrogens is 4. The average Bonchev–Trinajstić information content (AvgIpc) is 3.23. The van der Waals surface area contributed by atoms with Crippen LogP contribution in [0, 0.1) is 11.8 Å². The zero-order valence-corrected chi connectivity index (χ0v) is 18.7. The number of halogens is 2. The number of aryl methyl sites for hydroxylation is 1. The van der Waals surface area contributed by atoms with E-state index in [4.69, 9.17) is 27.9 Å². The molecule has 2 bridgehead atoms. The molecule has 31 heavy (non-hydrogen) atoms. The summed E-state index contributed by atoms with van der Waals surface area (Å²) in [7, 11) is 0. The van der Waals surface area contributed by atoms with Gasteiger partial charge >= 0.3 is 6.01 Å². The molecule has 2 aliphatic rings. The lowest BCUT2D eigenvalue weighted by Gasteiger charge is -2.39. The van der Waals surface area contributed by atoms with E-state index in [0.29, 0.717) is 52.3 Å². The summed E-state index contributed by atoms with van der Waals surface area (Å²) < 4.78 is 7.71. The molecule has 5 rings (SSSR count). The summed E-state index contributed by atoms with van der Waals surface area (Å²) in [5, 5.41) is 9.38. The first-order valence-corrected chi connectivity index (χ1v) is 11.4. The molecule has 3 heterocycles. The van der Waals surface area contributed by atoms with Gasteiger partial charge < -0.3 is 15.0 Å². The van der Waals surface area contributed by atoms with Crippen molar-refractivity contribution in [3.05, 3.63) is 52.8 Å². The second-order valence-electron chi connectivity index (χ2n) is 8.10. The minimum absolute atomic E-state index is 0.347. The van der Waals surface area contributed by atoms with Gasteiger partial charge in [-0.3, -0.25) is 0 Å². The van der Waals surface area contributed by atoms with Crippen molar-refractivity contribution >= 4 is 34.8 Å². The molecule has 1 aliphatic heterocycles. The first-order valence-electron chi connectivity index (χ1n) is 10.6. The Bertz CT molecular complexity index is 1060. The molecule has 2 unspecified atom stereocenters. The van der Waals surface area contributed by atoms with Crippen LogP contribution in [0.15, 0.2) is 42.6 Å². The summed E-state index contributed by atoms with van der Waals surface area (Å²) in [5.74, 6) is 2.31. The standard InChI is InChI=1S/C22H24Cl2N6O/c1-2-30-22(31-18-5-3-4-16(23)10-18)27-21(28-30)26-20-14-6-7-15(20)13-29(12-14)17-8-9-25-19(24)11-17/h3-5,8-11,14-15,20H,2,6-7,12-13H2,1H3,(H,26,28). The van der Waals surface area contributed by atoms with Crippen molar-refractivity contribution in [1.82, 2.24) is 19.7 Å². The minimum Gasteiger partial charge on any atom is -0.424 e. The van der Waals surface area contributed by atoms with Crippen molar-refractivity contribution in [2.75, 3.05) is 23.3 Å². The van der Waals surface area contributed by atoms with Gasteiger partial charge in [0.2, 0.25) is 5.95 Å². The normalized spacial score (nSPS) is 22.5. The molecule has 162 valence electrons. The number of benzene rings is 1. The summed E-state index contributed by atoms with van der Waals surface area (Å²) in [4.78, 5) is 11.1. The van der Waals surface area contributed by atoms with Crippen molar-refractivity contribution in [2.45, 2.75) is 32.4 Å². The molecule has 7 nitrogen and oxygen atoms in total. The molecule has 1 saturated heterocycles. The predicted molar refractivity (Wildman–Crippen MR) is 122 cm³/mol. The molecule has 0 amide bonds. The maximum atomic E-state index is 6.10. The van der Waals surface area contributed by atoms with Crippen molar-refractivity contribution in [2.24, 2.45) is 11.8 Å². The number of ether oxygens (including phenoxy) is 1. The van der Waals surface area contributed by atoms with Crippen molar-refractivity contribution in [1.29, 1.82) is 0 Å². The Hall–Kier alpha value is -2.51. The second-order valence-corrected chi connectivity index (χ2v) is 8.93. The van der Waals surface area contributed by atoms with E-state index in [9.17, 15) is 0 Å². The van der Waals surface area contributed by atoms with E-state index in [-0.39, 0.29) is 0 Å². The molecule has 1 N–H and O–H groups in total. The van der Waals surface area contributed by atoms with Crippen molar-refractivity contribution in [3.63, 3.8) is 0 Å². The summed E-state index contributed by atoms with van der Waals surface area (Å²) in [6.07, 6.45) is 4.16. The van der Waals surface area contributed by atoms with E-state index in [2.05, 4.69) is 25.3 Å². The van der Waals surface area contributed by atoms with E-state index in [1.54, 1.807) is 16.9 Å². The highest BCUT2D eigenvalue weighted by molar-refractivity contribution is 6.30. The Labute approximate surface area is 191 Å². The Balaban J connectivity index is 1.30. The molecule has 1 aliphatic carbocycles. The number of nitrogens with zero attached hydrogens (tertiary/aromatic N) is 5. The highest BCUT2D eigenvalue weighted by Gasteiger charge is 2.42. The lowest BCUT2D eigenvalue weighted by Crippen LogP contribution is -2.48. The maximum Gasteiger partial charge on any atom is 0.322 e. The third kappa shape index (κ3) is 4.29. The maximum absolute atomic E-state index is 6.10. The number of nitrogens with one attached hydrogen (secondary N) is 1. The summed E-state index contributed by atoms with van der Waals surface area (Å²) in [6.45, 7) is 4.65.